The Morgan fingerprint density at radius 2 is 2.10 bits per heavy atom. The average molecular weight is 360 g/mol. The number of benzene rings is 1. The fourth-order valence-electron chi connectivity index (χ4n) is 2.17. The Labute approximate surface area is 132 Å². The maximum atomic E-state index is 5.36. The number of rotatable bonds is 2. The van der Waals surface area contributed by atoms with Crippen molar-refractivity contribution in [2.24, 2.45) is 0 Å². The van der Waals surface area contributed by atoms with E-state index in [1.807, 2.05) is 24.3 Å². The second kappa shape index (κ2) is 6.67. The molecule has 1 unspecified atom stereocenters. The van der Waals surface area contributed by atoms with Crippen LogP contribution in [0.2, 0.25) is 0 Å². The van der Waals surface area contributed by atoms with Crippen LogP contribution >= 0.6 is 28.3 Å². The number of nitrogens with one attached hydrogen (secondary N) is 1. The summed E-state index contributed by atoms with van der Waals surface area (Å²) in [6.45, 7) is 2.85. The van der Waals surface area contributed by atoms with E-state index in [1.165, 1.54) is 0 Å². The molecule has 0 aliphatic carbocycles. The van der Waals surface area contributed by atoms with Gasteiger partial charge in [-0.2, -0.15) is 4.98 Å². The molecule has 0 saturated carbocycles. The van der Waals surface area contributed by atoms with Crippen LogP contribution in [0.5, 0.6) is 0 Å². The molecule has 0 amide bonds. The Balaban J connectivity index is 0.00000147. The van der Waals surface area contributed by atoms with Crippen LogP contribution < -0.4 is 5.32 Å². The number of aromatic nitrogens is 2. The normalized spacial score (nSPS) is 19.6. The van der Waals surface area contributed by atoms with Crippen molar-refractivity contribution in [3.8, 4) is 11.5 Å². The van der Waals surface area contributed by atoms with Crippen LogP contribution in [0.15, 0.2) is 33.3 Å². The molecule has 7 heteroatoms. The molecule has 0 bridgehead atoms. The third-order valence-electron chi connectivity index (χ3n) is 3.34. The largest absolute Gasteiger partial charge is 0.334 e. The maximum Gasteiger partial charge on any atom is 0.257 e. The van der Waals surface area contributed by atoms with Crippen LogP contribution in [0.1, 0.15) is 11.9 Å². The quantitative estimate of drug-likeness (QED) is 0.893. The van der Waals surface area contributed by atoms with Crippen molar-refractivity contribution in [3.05, 3.63) is 34.6 Å². The number of halogens is 2. The van der Waals surface area contributed by atoms with Crippen molar-refractivity contribution in [1.29, 1.82) is 0 Å². The highest BCUT2D eigenvalue weighted by molar-refractivity contribution is 9.10. The van der Waals surface area contributed by atoms with Gasteiger partial charge in [-0.05, 0) is 31.3 Å². The minimum absolute atomic E-state index is 0. The van der Waals surface area contributed by atoms with Crippen LogP contribution in [-0.2, 0) is 0 Å². The van der Waals surface area contributed by atoms with Crippen LogP contribution in [0.3, 0.4) is 0 Å². The van der Waals surface area contributed by atoms with E-state index in [-0.39, 0.29) is 18.4 Å². The zero-order valence-corrected chi connectivity index (χ0v) is 13.4. The van der Waals surface area contributed by atoms with Gasteiger partial charge in [-0.25, -0.2) is 0 Å². The Morgan fingerprint density at radius 1 is 1.35 bits per heavy atom. The Morgan fingerprint density at radius 3 is 2.80 bits per heavy atom. The second-order valence-corrected chi connectivity index (χ2v) is 5.58. The lowest BCUT2D eigenvalue weighted by atomic mass is 10.2. The highest BCUT2D eigenvalue weighted by Crippen LogP contribution is 2.23. The summed E-state index contributed by atoms with van der Waals surface area (Å²) in [5.41, 5.74) is 0.938. The standard InChI is InChI=1S/C13H15BrN4O.ClH/c1-18-7-6-15-8-11(18)12-16-13(19-17-12)9-2-4-10(14)5-3-9;/h2-5,11,15H,6-8H2,1H3;1H. The zero-order valence-electron chi connectivity index (χ0n) is 11.0. The summed E-state index contributed by atoms with van der Waals surface area (Å²) in [6.07, 6.45) is 0. The molecule has 1 aliphatic heterocycles. The topological polar surface area (TPSA) is 54.2 Å². The highest BCUT2D eigenvalue weighted by atomic mass is 79.9. The molecule has 1 aliphatic rings. The van der Waals surface area contributed by atoms with Gasteiger partial charge in [0.25, 0.3) is 5.89 Å². The number of hydrogen-bond donors (Lipinski definition) is 1. The minimum atomic E-state index is 0. The van der Waals surface area contributed by atoms with E-state index in [0.717, 1.165) is 35.5 Å². The molecule has 108 valence electrons. The van der Waals surface area contributed by atoms with E-state index < -0.39 is 0 Å². The smallest absolute Gasteiger partial charge is 0.257 e. The Bertz CT molecular complexity index is 560. The van der Waals surface area contributed by atoms with Crippen molar-refractivity contribution in [2.45, 2.75) is 6.04 Å². The molecule has 1 atom stereocenters. The molecular formula is C13H16BrClN4O. The summed E-state index contributed by atoms with van der Waals surface area (Å²) >= 11 is 3.41. The first-order chi connectivity index (χ1) is 9.24. The molecule has 1 aromatic heterocycles. The molecule has 3 rings (SSSR count). The van der Waals surface area contributed by atoms with Gasteiger partial charge in [0.15, 0.2) is 5.82 Å². The zero-order chi connectivity index (χ0) is 13.2. The van der Waals surface area contributed by atoms with Gasteiger partial charge in [0.1, 0.15) is 0 Å². The van der Waals surface area contributed by atoms with Gasteiger partial charge >= 0.3 is 0 Å². The van der Waals surface area contributed by atoms with E-state index in [2.05, 4.69) is 43.3 Å². The van der Waals surface area contributed by atoms with E-state index in [4.69, 9.17) is 4.52 Å². The number of hydrogen-bond acceptors (Lipinski definition) is 5. The van der Waals surface area contributed by atoms with Gasteiger partial charge in [-0.15, -0.1) is 12.4 Å². The van der Waals surface area contributed by atoms with Gasteiger partial charge < -0.3 is 9.84 Å². The average Bonchev–Trinajstić information content (AvgIpc) is 2.89. The SMILES string of the molecule is CN1CCNCC1c1noc(-c2ccc(Br)cc2)n1.Cl. The Kier molecular flexibility index (Phi) is 5.15. The van der Waals surface area contributed by atoms with Crippen LogP contribution in [0, 0.1) is 0 Å². The fraction of sp³-hybridized carbons (Fsp3) is 0.385. The minimum Gasteiger partial charge on any atom is -0.334 e. The van der Waals surface area contributed by atoms with Crippen molar-refractivity contribution < 1.29 is 4.52 Å². The lowest BCUT2D eigenvalue weighted by Crippen LogP contribution is -2.44. The van der Waals surface area contributed by atoms with Gasteiger partial charge in [-0.1, -0.05) is 21.1 Å². The van der Waals surface area contributed by atoms with Gasteiger partial charge in [0, 0.05) is 29.7 Å². The molecule has 1 saturated heterocycles. The summed E-state index contributed by atoms with van der Waals surface area (Å²) in [7, 11) is 2.08. The highest BCUT2D eigenvalue weighted by Gasteiger charge is 2.25. The predicted octanol–water partition coefficient (Wildman–Crippen LogP) is 2.50. The molecule has 1 N–H and O–H groups in total. The summed E-state index contributed by atoms with van der Waals surface area (Å²) in [6, 6.07) is 8.04. The lowest BCUT2D eigenvalue weighted by molar-refractivity contribution is 0.190. The van der Waals surface area contributed by atoms with Crippen molar-refractivity contribution >= 4 is 28.3 Å². The fourth-order valence-corrected chi connectivity index (χ4v) is 2.44. The van der Waals surface area contributed by atoms with Crippen molar-refractivity contribution in [2.75, 3.05) is 26.7 Å². The van der Waals surface area contributed by atoms with Gasteiger partial charge in [0.2, 0.25) is 0 Å². The van der Waals surface area contributed by atoms with Gasteiger partial charge in [-0.3, -0.25) is 4.90 Å². The molecule has 0 spiro atoms. The van der Waals surface area contributed by atoms with Crippen molar-refractivity contribution in [3.63, 3.8) is 0 Å². The van der Waals surface area contributed by atoms with Crippen LogP contribution in [0.25, 0.3) is 11.5 Å². The predicted molar refractivity (Wildman–Crippen MR) is 82.9 cm³/mol. The third-order valence-corrected chi connectivity index (χ3v) is 3.87. The molecule has 0 radical (unpaired) electrons. The molecular weight excluding hydrogens is 344 g/mol. The first-order valence-corrected chi connectivity index (χ1v) is 7.04. The van der Waals surface area contributed by atoms with E-state index >= 15 is 0 Å². The number of nitrogens with zero attached hydrogens (tertiary/aromatic N) is 3. The lowest BCUT2D eigenvalue weighted by Gasteiger charge is -2.30. The molecule has 2 aromatic rings. The summed E-state index contributed by atoms with van der Waals surface area (Å²) in [5.74, 6) is 1.31. The van der Waals surface area contributed by atoms with Crippen LogP contribution in [-0.4, -0.2) is 41.7 Å². The summed E-state index contributed by atoms with van der Waals surface area (Å²) in [5, 5.41) is 7.46. The second-order valence-electron chi connectivity index (χ2n) is 4.67. The number of likely N-dealkylation sites (N-methyl/N-ethyl adjacent to an activating group) is 1. The third kappa shape index (κ3) is 3.20. The molecule has 5 nitrogen and oxygen atoms in total. The molecule has 20 heavy (non-hydrogen) atoms. The molecule has 1 aromatic carbocycles. The maximum absolute atomic E-state index is 5.36. The molecule has 2 heterocycles. The monoisotopic (exact) mass is 358 g/mol. The Hall–Kier alpha value is -0.950. The van der Waals surface area contributed by atoms with E-state index in [0.29, 0.717) is 5.89 Å². The summed E-state index contributed by atoms with van der Waals surface area (Å²) < 4.78 is 6.40. The van der Waals surface area contributed by atoms with Gasteiger partial charge in [0.05, 0.1) is 6.04 Å². The summed E-state index contributed by atoms with van der Waals surface area (Å²) in [4.78, 5) is 6.75. The van der Waals surface area contributed by atoms with E-state index in [9.17, 15) is 0 Å². The van der Waals surface area contributed by atoms with E-state index in [1.54, 1.807) is 0 Å². The van der Waals surface area contributed by atoms with Crippen molar-refractivity contribution in [1.82, 2.24) is 20.4 Å². The molecule has 1 fully saturated rings. The first kappa shape index (κ1) is 15.4. The van der Waals surface area contributed by atoms with Crippen LogP contribution in [0.4, 0.5) is 0 Å². The first-order valence-electron chi connectivity index (χ1n) is 6.24. The number of piperazine rings is 1.